The average Bonchev–Trinajstić information content (AvgIpc) is 2.86. The van der Waals surface area contributed by atoms with Crippen LogP contribution in [0, 0.1) is 0 Å². The number of anilines is 2. The van der Waals surface area contributed by atoms with Gasteiger partial charge in [0.2, 0.25) is 10.0 Å². The van der Waals surface area contributed by atoms with E-state index < -0.39 is 10.0 Å². The van der Waals surface area contributed by atoms with Gasteiger partial charge in [-0.15, -0.1) is 0 Å². The van der Waals surface area contributed by atoms with Crippen molar-refractivity contribution < 1.29 is 13.5 Å². The van der Waals surface area contributed by atoms with Gasteiger partial charge in [-0.3, -0.25) is 4.72 Å². The van der Waals surface area contributed by atoms with Gasteiger partial charge < -0.3 is 10.4 Å². The lowest BCUT2D eigenvalue weighted by molar-refractivity contribution is 0.281. The molecule has 2 aromatic carbocycles. The molecule has 0 radical (unpaired) electrons. The SMILES string of the molecule is CC1Cc2cc(Cc3ccc(NS(C)(=O)=O)cc3CO)ccc2N1. The first-order valence-electron chi connectivity index (χ1n) is 7.93. The molecule has 0 amide bonds. The minimum Gasteiger partial charge on any atom is -0.392 e. The highest BCUT2D eigenvalue weighted by atomic mass is 32.2. The van der Waals surface area contributed by atoms with Crippen molar-refractivity contribution in [1.82, 2.24) is 0 Å². The molecule has 0 bridgehead atoms. The zero-order chi connectivity index (χ0) is 17.3. The highest BCUT2D eigenvalue weighted by molar-refractivity contribution is 7.92. The zero-order valence-electron chi connectivity index (χ0n) is 13.8. The number of nitrogens with one attached hydrogen (secondary N) is 2. The van der Waals surface area contributed by atoms with Crippen molar-refractivity contribution in [2.24, 2.45) is 0 Å². The van der Waals surface area contributed by atoms with Gasteiger partial charge in [0, 0.05) is 17.4 Å². The number of sulfonamides is 1. The molecule has 5 nitrogen and oxygen atoms in total. The van der Waals surface area contributed by atoms with Gasteiger partial charge >= 0.3 is 0 Å². The molecule has 0 spiro atoms. The van der Waals surface area contributed by atoms with E-state index in [0.717, 1.165) is 23.8 Å². The molecular weight excluding hydrogens is 324 g/mol. The van der Waals surface area contributed by atoms with Crippen LogP contribution in [0.1, 0.15) is 29.2 Å². The number of fused-ring (bicyclic) bond motifs is 1. The predicted octanol–water partition coefficient (Wildman–Crippen LogP) is 2.50. The highest BCUT2D eigenvalue weighted by Crippen LogP contribution is 2.28. The Morgan fingerprint density at radius 2 is 2.00 bits per heavy atom. The number of hydrogen-bond donors (Lipinski definition) is 3. The van der Waals surface area contributed by atoms with Gasteiger partial charge in [0.05, 0.1) is 12.9 Å². The second-order valence-corrected chi connectivity index (χ2v) is 8.18. The smallest absolute Gasteiger partial charge is 0.229 e. The normalized spacial score (nSPS) is 16.5. The Labute approximate surface area is 142 Å². The van der Waals surface area contributed by atoms with E-state index in [1.54, 1.807) is 12.1 Å². The highest BCUT2D eigenvalue weighted by Gasteiger charge is 2.17. The van der Waals surface area contributed by atoms with Crippen molar-refractivity contribution in [3.05, 3.63) is 58.7 Å². The van der Waals surface area contributed by atoms with Crippen molar-refractivity contribution >= 4 is 21.4 Å². The maximum Gasteiger partial charge on any atom is 0.229 e. The molecule has 0 aliphatic carbocycles. The van der Waals surface area contributed by atoms with Crippen LogP contribution in [0.5, 0.6) is 0 Å². The van der Waals surface area contributed by atoms with Crippen LogP contribution in [-0.4, -0.2) is 25.8 Å². The summed E-state index contributed by atoms with van der Waals surface area (Å²) < 4.78 is 25.1. The Balaban J connectivity index is 1.84. The maximum absolute atomic E-state index is 11.3. The van der Waals surface area contributed by atoms with E-state index in [4.69, 9.17) is 0 Å². The summed E-state index contributed by atoms with van der Waals surface area (Å²) in [6.45, 7) is 2.04. The van der Waals surface area contributed by atoms with Gasteiger partial charge in [0.1, 0.15) is 0 Å². The van der Waals surface area contributed by atoms with E-state index >= 15 is 0 Å². The van der Waals surface area contributed by atoms with Crippen LogP contribution in [0.3, 0.4) is 0 Å². The van der Waals surface area contributed by atoms with E-state index in [2.05, 4.69) is 35.2 Å². The molecule has 1 aliphatic heterocycles. The molecule has 6 heteroatoms. The third kappa shape index (κ3) is 3.88. The Bertz CT molecular complexity index is 863. The molecule has 2 aromatic rings. The van der Waals surface area contributed by atoms with Crippen LogP contribution < -0.4 is 10.0 Å². The first-order chi connectivity index (χ1) is 11.3. The summed E-state index contributed by atoms with van der Waals surface area (Å²) in [4.78, 5) is 0. The molecule has 0 saturated heterocycles. The van der Waals surface area contributed by atoms with Gasteiger partial charge in [-0.1, -0.05) is 18.2 Å². The van der Waals surface area contributed by atoms with E-state index in [0.29, 0.717) is 18.2 Å². The predicted molar refractivity (Wildman–Crippen MR) is 96.9 cm³/mol. The fraction of sp³-hybridized carbons (Fsp3) is 0.333. The van der Waals surface area contributed by atoms with Gasteiger partial charge in [-0.2, -0.15) is 0 Å². The molecule has 3 rings (SSSR count). The molecule has 3 N–H and O–H groups in total. The standard InChI is InChI=1S/C18H22N2O3S/c1-12-7-15-9-13(3-6-18(15)19-12)8-14-4-5-17(10-16(14)11-21)20-24(2,22)23/h3-6,9-10,12,19-21H,7-8,11H2,1-2H3. The Kier molecular flexibility index (Phi) is 4.51. The molecule has 0 saturated carbocycles. The minimum atomic E-state index is -3.32. The Morgan fingerprint density at radius 1 is 1.21 bits per heavy atom. The van der Waals surface area contributed by atoms with Gasteiger partial charge in [-0.05, 0) is 60.2 Å². The van der Waals surface area contributed by atoms with Crippen LogP contribution in [0.15, 0.2) is 36.4 Å². The summed E-state index contributed by atoms with van der Waals surface area (Å²) in [5.41, 5.74) is 5.90. The molecular formula is C18H22N2O3S. The fourth-order valence-electron chi connectivity index (χ4n) is 3.16. The van der Waals surface area contributed by atoms with Crippen LogP contribution >= 0.6 is 0 Å². The summed E-state index contributed by atoms with van der Waals surface area (Å²) >= 11 is 0. The van der Waals surface area contributed by atoms with E-state index in [1.165, 1.54) is 16.8 Å². The van der Waals surface area contributed by atoms with E-state index in [9.17, 15) is 13.5 Å². The number of aliphatic hydroxyl groups is 1. The zero-order valence-corrected chi connectivity index (χ0v) is 14.7. The lowest BCUT2D eigenvalue weighted by Gasteiger charge is -2.12. The fourth-order valence-corrected chi connectivity index (χ4v) is 3.71. The van der Waals surface area contributed by atoms with E-state index in [1.807, 2.05) is 6.07 Å². The first kappa shape index (κ1) is 16.8. The average molecular weight is 346 g/mol. The monoisotopic (exact) mass is 346 g/mol. The van der Waals surface area contributed by atoms with Crippen molar-refractivity contribution in [3.63, 3.8) is 0 Å². The number of hydrogen-bond acceptors (Lipinski definition) is 4. The third-order valence-corrected chi connectivity index (χ3v) is 4.78. The maximum atomic E-state index is 11.3. The van der Waals surface area contributed by atoms with Crippen LogP contribution in [-0.2, 0) is 29.5 Å². The number of benzene rings is 2. The summed E-state index contributed by atoms with van der Waals surface area (Å²) in [5, 5.41) is 13.1. The molecule has 1 heterocycles. The molecule has 24 heavy (non-hydrogen) atoms. The number of aliphatic hydroxyl groups excluding tert-OH is 1. The van der Waals surface area contributed by atoms with Crippen molar-refractivity contribution in [2.75, 3.05) is 16.3 Å². The molecule has 0 fully saturated rings. The second-order valence-electron chi connectivity index (χ2n) is 6.43. The van der Waals surface area contributed by atoms with Crippen molar-refractivity contribution in [3.8, 4) is 0 Å². The minimum absolute atomic E-state index is 0.127. The van der Waals surface area contributed by atoms with Crippen molar-refractivity contribution in [2.45, 2.75) is 32.4 Å². The van der Waals surface area contributed by atoms with E-state index in [-0.39, 0.29) is 6.61 Å². The summed E-state index contributed by atoms with van der Waals surface area (Å²) in [6, 6.07) is 12.1. The number of rotatable bonds is 5. The largest absolute Gasteiger partial charge is 0.392 e. The van der Waals surface area contributed by atoms with Gasteiger partial charge in [0.25, 0.3) is 0 Å². The van der Waals surface area contributed by atoms with Crippen LogP contribution in [0.25, 0.3) is 0 Å². The molecule has 1 atom stereocenters. The molecule has 1 unspecified atom stereocenters. The lowest BCUT2D eigenvalue weighted by atomic mass is 9.97. The van der Waals surface area contributed by atoms with Gasteiger partial charge in [0.15, 0.2) is 0 Å². The quantitative estimate of drug-likeness (QED) is 0.777. The molecule has 0 aromatic heterocycles. The first-order valence-corrected chi connectivity index (χ1v) is 9.82. The molecule has 128 valence electrons. The van der Waals surface area contributed by atoms with Gasteiger partial charge in [-0.25, -0.2) is 8.42 Å². The Hall–Kier alpha value is -2.05. The van der Waals surface area contributed by atoms with Crippen molar-refractivity contribution in [1.29, 1.82) is 0 Å². The topological polar surface area (TPSA) is 78.4 Å². The summed E-state index contributed by atoms with van der Waals surface area (Å²) in [7, 11) is -3.32. The van der Waals surface area contributed by atoms with Crippen LogP contribution in [0.2, 0.25) is 0 Å². The third-order valence-electron chi connectivity index (χ3n) is 4.17. The summed E-state index contributed by atoms with van der Waals surface area (Å²) in [6.07, 6.45) is 2.84. The summed E-state index contributed by atoms with van der Waals surface area (Å²) in [5.74, 6) is 0. The lowest BCUT2D eigenvalue weighted by Crippen LogP contribution is -2.10. The second kappa shape index (κ2) is 6.45. The molecule has 1 aliphatic rings. The van der Waals surface area contributed by atoms with Crippen LogP contribution in [0.4, 0.5) is 11.4 Å². The Morgan fingerprint density at radius 3 is 2.71 bits per heavy atom.